The topological polar surface area (TPSA) is 160 Å². The van der Waals surface area contributed by atoms with Crippen molar-refractivity contribution in [2.45, 2.75) is 80.8 Å². The summed E-state index contributed by atoms with van der Waals surface area (Å²) in [4.78, 5) is 13.3. The molecule has 2 aliphatic carbocycles. The summed E-state index contributed by atoms with van der Waals surface area (Å²) in [6, 6.07) is 2.57. The minimum absolute atomic E-state index is 0.0129. The highest BCUT2D eigenvalue weighted by atomic mass is 32.2. The van der Waals surface area contributed by atoms with Crippen LogP contribution in [0.25, 0.3) is 22.6 Å². The maximum Gasteiger partial charge on any atom is 0.185 e. The second-order valence-corrected chi connectivity index (χ2v) is 14.2. The number of nitrogens with two attached hydrogens (primary N) is 1. The van der Waals surface area contributed by atoms with Gasteiger partial charge in [0.15, 0.2) is 22.9 Å². The molecule has 220 valence electrons. The Balaban J connectivity index is 1.36. The first-order valence-electron chi connectivity index (χ1n) is 14.6. The molecule has 11 nitrogen and oxygen atoms in total. The normalized spacial score (nSPS) is 23.6. The average Bonchev–Trinajstić information content (AvgIpc) is 3.77. The van der Waals surface area contributed by atoms with E-state index in [1.165, 1.54) is 16.2 Å². The highest BCUT2D eigenvalue weighted by Gasteiger charge is 2.49. The van der Waals surface area contributed by atoms with Crippen molar-refractivity contribution in [3.8, 4) is 17.6 Å². The number of nitrogen functional groups attached to an aromatic ring is 1. The molecule has 4 aromatic rings. The zero-order valence-electron chi connectivity index (χ0n) is 23.8. The van der Waals surface area contributed by atoms with Crippen molar-refractivity contribution < 1.29 is 13.8 Å². The molecule has 1 aliphatic heterocycles. The summed E-state index contributed by atoms with van der Waals surface area (Å²) in [6.45, 7) is 3.80. The van der Waals surface area contributed by atoms with Crippen LogP contribution in [0.2, 0.25) is 0 Å². The fourth-order valence-corrected chi connectivity index (χ4v) is 9.54. The van der Waals surface area contributed by atoms with Gasteiger partial charge in [-0.1, -0.05) is 5.16 Å². The number of aromatic nitrogens is 5. The lowest BCUT2D eigenvalue weighted by Gasteiger charge is -2.39. The second-order valence-electron chi connectivity index (χ2n) is 11.7. The lowest BCUT2D eigenvalue weighted by molar-refractivity contribution is 0.153. The molecular formula is C29H34N8O3S2. The number of aliphatic hydroxyl groups excluding tert-OH is 1. The van der Waals surface area contributed by atoms with Gasteiger partial charge in [-0.15, -0.1) is 11.3 Å². The van der Waals surface area contributed by atoms with E-state index in [0.29, 0.717) is 44.7 Å². The maximum atomic E-state index is 13.0. The molecule has 0 amide bonds. The molecule has 4 aromatic heterocycles. The molecule has 0 aromatic carbocycles. The molecule has 1 saturated heterocycles. The lowest BCUT2D eigenvalue weighted by Crippen LogP contribution is -2.37. The summed E-state index contributed by atoms with van der Waals surface area (Å²) in [5, 5.41) is 30.5. The maximum absolute atomic E-state index is 13.0. The van der Waals surface area contributed by atoms with Gasteiger partial charge < -0.3 is 15.4 Å². The summed E-state index contributed by atoms with van der Waals surface area (Å²) in [5.41, 5.74) is 9.60. The Morgan fingerprint density at radius 1 is 1.31 bits per heavy atom. The van der Waals surface area contributed by atoms with Gasteiger partial charge in [-0.25, -0.2) is 14.6 Å². The number of anilines is 1. The molecule has 5 heterocycles. The van der Waals surface area contributed by atoms with Crippen LogP contribution >= 0.6 is 11.3 Å². The van der Waals surface area contributed by atoms with Gasteiger partial charge in [-0.3, -0.25) is 9.11 Å². The third-order valence-electron chi connectivity index (χ3n) is 9.51. The van der Waals surface area contributed by atoms with Crippen molar-refractivity contribution in [2.75, 3.05) is 31.7 Å². The van der Waals surface area contributed by atoms with E-state index in [1.54, 1.807) is 12.5 Å². The quantitative estimate of drug-likeness (QED) is 0.310. The molecule has 4 atom stereocenters. The minimum atomic E-state index is -1.39. The molecule has 0 radical (unpaired) electrons. The van der Waals surface area contributed by atoms with Crippen LogP contribution in [0.3, 0.4) is 0 Å². The number of fused-ring (bicyclic) bond motifs is 5. The smallest absolute Gasteiger partial charge is 0.185 e. The van der Waals surface area contributed by atoms with Gasteiger partial charge in [0.25, 0.3) is 0 Å². The zero-order chi connectivity index (χ0) is 29.2. The van der Waals surface area contributed by atoms with E-state index in [0.717, 1.165) is 74.8 Å². The van der Waals surface area contributed by atoms with Gasteiger partial charge in [-0.05, 0) is 70.4 Å². The third-order valence-corrected chi connectivity index (χ3v) is 11.4. The molecule has 1 spiro atoms. The summed E-state index contributed by atoms with van der Waals surface area (Å²) in [5.74, 6) is 1.16. The van der Waals surface area contributed by atoms with E-state index < -0.39 is 16.2 Å². The van der Waals surface area contributed by atoms with Crippen LogP contribution in [-0.4, -0.2) is 71.1 Å². The van der Waals surface area contributed by atoms with Crippen LogP contribution in [0, 0.1) is 11.3 Å². The number of rotatable bonds is 6. The number of hydrogen-bond donors (Lipinski definition) is 2. The highest BCUT2D eigenvalue weighted by molar-refractivity contribution is 7.84. The van der Waals surface area contributed by atoms with Gasteiger partial charge in [0.2, 0.25) is 0 Å². The van der Waals surface area contributed by atoms with Crippen molar-refractivity contribution in [2.24, 2.45) is 0 Å². The Labute approximate surface area is 250 Å². The van der Waals surface area contributed by atoms with Crippen molar-refractivity contribution in [3.63, 3.8) is 0 Å². The van der Waals surface area contributed by atoms with Crippen LogP contribution in [0.15, 0.2) is 15.7 Å². The SMILES string of the molecule is C[C@@H]([C@@H]1CCCN1CCO)n1ncc2c(S(C)=O)nc(-c3noc4c3CCC[C@@]43CCCc4sc(N)c(C#N)c43)nc21. The first kappa shape index (κ1) is 27.6. The van der Waals surface area contributed by atoms with Gasteiger partial charge in [0.05, 0.1) is 46.0 Å². The Morgan fingerprint density at radius 2 is 2.12 bits per heavy atom. The molecule has 0 bridgehead atoms. The minimum Gasteiger partial charge on any atom is -0.395 e. The van der Waals surface area contributed by atoms with Crippen molar-refractivity contribution in [1.29, 1.82) is 5.26 Å². The molecule has 13 heteroatoms. The van der Waals surface area contributed by atoms with Crippen LogP contribution < -0.4 is 5.73 Å². The second kappa shape index (κ2) is 10.5. The summed E-state index contributed by atoms with van der Waals surface area (Å²) in [6.07, 6.45) is 10.7. The number of hydrogen-bond acceptors (Lipinski definition) is 11. The molecule has 3 N–H and O–H groups in total. The van der Waals surface area contributed by atoms with Crippen LogP contribution in [-0.2, 0) is 29.1 Å². The van der Waals surface area contributed by atoms with Crippen LogP contribution in [0.1, 0.15) is 78.8 Å². The van der Waals surface area contributed by atoms with E-state index in [-0.39, 0.29) is 18.7 Å². The molecule has 7 rings (SSSR count). The molecular weight excluding hydrogens is 573 g/mol. The Hall–Kier alpha value is -3.18. The number of β-amino-alcohol motifs (C(OH)–C–C–N with tert-alkyl or cyclic N) is 1. The van der Waals surface area contributed by atoms with E-state index in [2.05, 4.69) is 23.0 Å². The number of nitrogens with zero attached hydrogens (tertiary/aromatic N) is 7. The molecule has 0 saturated carbocycles. The number of thiophene rings is 1. The highest BCUT2D eigenvalue weighted by Crippen LogP contribution is 2.55. The average molecular weight is 607 g/mol. The first-order chi connectivity index (χ1) is 20.4. The van der Waals surface area contributed by atoms with Crippen molar-refractivity contribution in [1.82, 2.24) is 29.8 Å². The van der Waals surface area contributed by atoms with Gasteiger partial charge >= 0.3 is 0 Å². The third kappa shape index (κ3) is 4.06. The molecule has 1 unspecified atom stereocenters. The monoisotopic (exact) mass is 606 g/mol. The largest absolute Gasteiger partial charge is 0.395 e. The Bertz CT molecular complexity index is 1750. The molecule has 3 aliphatic rings. The van der Waals surface area contributed by atoms with E-state index in [1.807, 2.05) is 4.68 Å². The zero-order valence-corrected chi connectivity index (χ0v) is 25.4. The van der Waals surface area contributed by atoms with E-state index >= 15 is 0 Å². The first-order valence-corrected chi connectivity index (χ1v) is 17.0. The number of aliphatic hydroxyl groups is 1. The van der Waals surface area contributed by atoms with E-state index in [4.69, 9.17) is 25.3 Å². The number of nitriles is 1. The van der Waals surface area contributed by atoms with Gasteiger partial charge in [0, 0.05) is 29.3 Å². The number of likely N-dealkylation sites (tertiary alicyclic amines) is 1. The van der Waals surface area contributed by atoms with Crippen molar-refractivity contribution in [3.05, 3.63) is 33.5 Å². The predicted molar refractivity (Wildman–Crippen MR) is 160 cm³/mol. The Kier molecular flexibility index (Phi) is 6.92. The van der Waals surface area contributed by atoms with Crippen LogP contribution in [0.4, 0.5) is 5.00 Å². The fraction of sp³-hybridized carbons (Fsp3) is 0.552. The van der Waals surface area contributed by atoms with Gasteiger partial charge in [0.1, 0.15) is 16.1 Å². The lowest BCUT2D eigenvalue weighted by atomic mass is 9.63. The van der Waals surface area contributed by atoms with Gasteiger partial charge in [-0.2, -0.15) is 10.4 Å². The fourth-order valence-electron chi connectivity index (χ4n) is 7.71. The Morgan fingerprint density at radius 3 is 2.88 bits per heavy atom. The summed E-state index contributed by atoms with van der Waals surface area (Å²) < 4.78 is 21.1. The number of aryl methyl sites for hydroxylation is 1. The summed E-state index contributed by atoms with van der Waals surface area (Å²) in [7, 11) is -1.39. The van der Waals surface area contributed by atoms with Crippen LogP contribution in [0.5, 0.6) is 0 Å². The molecule has 42 heavy (non-hydrogen) atoms. The molecule has 1 fully saturated rings. The predicted octanol–water partition coefficient (Wildman–Crippen LogP) is 3.71. The summed E-state index contributed by atoms with van der Waals surface area (Å²) >= 11 is 1.52. The van der Waals surface area contributed by atoms with Crippen molar-refractivity contribution >= 4 is 38.2 Å². The van der Waals surface area contributed by atoms with E-state index in [9.17, 15) is 14.6 Å². The standard InChI is InChI=1S/C29H34N8O3S2/c1-16(20-7-5-11-36(20)12-13-38)37-27-19(15-32-37)28(42(2)39)34-26(33-27)23-17-6-3-9-29(24(17)40-35-23)10-4-8-21-22(29)18(14-30)25(31)41-21/h15-16,20,38H,3-13,31H2,1-2H3/t16-,20-,29-,42?/m0/s1.